The first-order chi connectivity index (χ1) is 8.74. The largest absolute Gasteiger partial charge is 0.493 e. The van der Waals surface area contributed by atoms with E-state index in [9.17, 15) is 4.79 Å². The number of hydrogen-bond acceptors (Lipinski definition) is 3. The van der Waals surface area contributed by atoms with Crippen molar-refractivity contribution in [3.8, 4) is 5.75 Å². The van der Waals surface area contributed by atoms with Gasteiger partial charge in [0.25, 0.3) is 5.56 Å². The van der Waals surface area contributed by atoms with Gasteiger partial charge in [0, 0.05) is 29.3 Å². The Labute approximate surface area is 109 Å². The molecule has 1 aromatic heterocycles. The van der Waals surface area contributed by atoms with Gasteiger partial charge in [0.15, 0.2) is 0 Å². The predicted molar refractivity (Wildman–Crippen MR) is 68.3 cm³/mol. The smallest absolute Gasteiger partial charge is 0.253 e. The molecule has 0 aliphatic carbocycles. The average Bonchev–Trinajstić information content (AvgIpc) is 2.80. The van der Waals surface area contributed by atoms with E-state index in [0.29, 0.717) is 18.2 Å². The zero-order valence-electron chi connectivity index (χ0n) is 9.60. The second-order valence-corrected chi connectivity index (χ2v) is 4.63. The van der Waals surface area contributed by atoms with E-state index in [0.717, 1.165) is 23.3 Å². The van der Waals surface area contributed by atoms with Crippen LogP contribution in [0.1, 0.15) is 11.1 Å². The minimum atomic E-state index is -0.0864. The van der Waals surface area contributed by atoms with Gasteiger partial charge in [0.05, 0.1) is 19.5 Å². The molecule has 0 atom stereocenters. The lowest BCUT2D eigenvalue weighted by atomic mass is 10.1. The van der Waals surface area contributed by atoms with E-state index >= 15 is 0 Å². The van der Waals surface area contributed by atoms with Gasteiger partial charge in [0.1, 0.15) is 5.75 Å². The molecule has 92 valence electrons. The van der Waals surface area contributed by atoms with Gasteiger partial charge in [-0.2, -0.15) is 0 Å². The lowest BCUT2D eigenvalue weighted by Crippen LogP contribution is -2.19. The maximum Gasteiger partial charge on any atom is 0.253 e. The molecule has 5 heteroatoms. The van der Waals surface area contributed by atoms with Crippen LogP contribution in [0.5, 0.6) is 5.75 Å². The molecule has 3 rings (SSSR count). The zero-order valence-corrected chi connectivity index (χ0v) is 10.4. The highest BCUT2D eigenvalue weighted by atomic mass is 35.5. The van der Waals surface area contributed by atoms with Crippen molar-refractivity contribution < 1.29 is 4.74 Å². The molecule has 0 fully saturated rings. The van der Waals surface area contributed by atoms with E-state index < -0.39 is 0 Å². The minimum absolute atomic E-state index is 0.0864. The number of fused-ring (bicyclic) bond motifs is 1. The zero-order chi connectivity index (χ0) is 12.5. The fourth-order valence-corrected chi connectivity index (χ4v) is 2.41. The summed E-state index contributed by atoms with van der Waals surface area (Å²) in [5, 5.41) is 0.672. The monoisotopic (exact) mass is 262 g/mol. The Bertz CT molecular complexity index is 652. The van der Waals surface area contributed by atoms with Crippen LogP contribution in [0.3, 0.4) is 0 Å². The van der Waals surface area contributed by atoms with Crippen molar-refractivity contribution in [2.24, 2.45) is 0 Å². The van der Waals surface area contributed by atoms with Crippen LogP contribution in [-0.4, -0.2) is 16.2 Å². The summed E-state index contributed by atoms with van der Waals surface area (Å²) in [7, 11) is 0. The first kappa shape index (κ1) is 11.3. The molecule has 1 aromatic carbocycles. The molecule has 18 heavy (non-hydrogen) atoms. The molecular weight excluding hydrogens is 252 g/mol. The van der Waals surface area contributed by atoms with E-state index in [2.05, 4.69) is 4.98 Å². The van der Waals surface area contributed by atoms with Gasteiger partial charge in [-0.25, -0.2) is 4.98 Å². The molecule has 0 unspecified atom stereocenters. The molecule has 0 N–H and O–H groups in total. The van der Waals surface area contributed by atoms with Gasteiger partial charge in [-0.3, -0.25) is 9.36 Å². The van der Waals surface area contributed by atoms with Crippen molar-refractivity contribution >= 4 is 11.6 Å². The van der Waals surface area contributed by atoms with Crippen molar-refractivity contribution in [2.45, 2.75) is 13.0 Å². The Kier molecular flexibility index (Phi) is 2.80. The van der Waals surface area contributed by atoms with Crippen LogP contribution in [0.2, 0.25) is 5.02 Å². The second-order valence-electron chi connectivity index (χ2n) is 4.20. The number of halogens is 1. The number of hydrogen-bond donors (Lipinski definition) is 0. The maximum atomic E-state index is 11.7. The predicted octanol–water partition coefficient (Wildman–Crippen LogP) is 1.88. The average molecular weight is 263 g/mol. The first-order valence-corrected chi connectivity index (χ1v) is 6.06. The number of benzene rings is 1. The van der Waals surface area contributed by atoms with Crippen molar-refractivity contribution in [3.63, 3.8) is 0 Å². The topological polar surface area (TPSA) is 44.1 Å². The van der Waals surface area contributed by atoms with Gasteiger partial charge < -0.3 is 4.74 Å². The van der Waals surface area contributed by atoms with Crippen LogP contribution in [-0.2, 0) is 13.0 Å². The third-order valence-electron chi connectivity index (χ3n) is 2.96. The summed E-state index contributed by atoms with van der Waals surface area (Å²) in [6, 6.07) is 5.19. The van der Waals surface area contributed by atoms with Crippen molar-refractivity contribution in [2.75, 3.05) is 6.61 Å². The van der Waals surface area contributed by atoms with Gasteiger partial charge in [0.2, 0.25) is 0 Å². The van der Waals surface area contributed by atoms with E-state index in [-0.39, 0.29) is 5.56 Å². The van der Waals surface area contributed by atoms with E-state index in [1.54, 1.807) is 0 Å². The van der Waals surface area contributed by atoms with Crippen molar-refractivity contribution in [3.05, 3.63) is 57.2 Å². The quantitative estimate of drug-likeness (QED) is 0.830. The molecule has 2 aromatic rings. The summed E-state index contributed by atoms with van der Waals surface area (Å²) >= 11 is 6.08. The standard InChI is InChI=1S/C13H11ClN2O2/c14-11-5-9-2-4-18-13(9)10(6-11)7-16-8-15-3-1-12(16)17/h1,3,5-6,8H,2,4,7H2. The second kappa shape index (κ2) is 4.46. The maximum absolute atomic E-state index is 11.7. The van der Waals surface area contributed by atoms with Crippen LogP contribution in [0.25, 0.3) is 0 Å². The molecule has 0 saturated heterocycles. The number of aromatic nitrogens is 2. The Morgan fingerprint density at radius 2 is 2.33 bits per heavy atom. The third kappa shape index (κ3) is 1.99. The highest BCUT2D eigenvalue weighted by Crippen LogP contribution is 2.33. The van der Waals surface area contributed by atoms with Crippen LogP contribution >= 0.6 is 11.6 Å². The Morgan fingerprint density at radius 1 is 1.44 bits per heavy atom. The molecule has 0 saturated carbocycles. The van der Waals surface area contributed by atoms with Crippen molar-refractivity contribution in [1.82, 2.24) is 9.55 Å². The van der Waals surface area contributed by atoms with Gasteiger partial charge in [-0.05, 0) is 17.7 Å². The number of rotatable bonds is 2. The Balaban J connectivity index is 2.04. The molecule has 4 nitrogen and oxygen atoms in total. The Morgan fingerprint density at radius 3 is 3.17 bits per heavy atom. The van der Waals surface area contributed by atoms with E-state index in [4.69, 9.17) is 16.3 Å². The summed E-state index contributed by atoms with van der Waals surface area (Å²) in [6.07, 6.45) is 3.87. The molecular formula is C13H11ClN2O2. The number of nitrogens with zero attached hydrogens (tertiary/aromatic N) is 2. The summed E-state index contributed by atoms with van der Waals surface area (Å²) in [6.45, 7) is 1.10. The fraction of sp³-hybridized carbons (Fsp3) is 0.231. The van der Waals surface area contributed by atoms with Crippen LogP contribution in [0, 0.1) is 0 Å². The SMILES string of the molecule is O=c1ccncn1Cc1cc(Cl)cc2c1OCC2. The van der Waals surface area contributed by atoms with E-state index in [1.807, 2.05) is 12.1 Å². The van der Waals surface area contributed by atoms with Crippen molar-refractivity contribution in [1.29, 1.82) is 0 Å². The summed E-state index contributed by atoms with van der Waals surface area (Å²) in [5.41, 5.74) is 1.94. The molecule has 0 spiro atoms. The third-order valence-corrected chi connectivity index (χ3v) is 3.18. The number of ether oxygens (including phenoxy) is 1. The first-order valence-electron chi connectivity index (χ1n) is 5.68. The lowest BCUT2D eigenvalue weighted by molar-refractivity contribution is 0.352. The molecule has 1 aliphatic rings. The molecule has 0 amide bonds. The summed E-state index contributed by atoms with van der Waals surface area (Å²) in [4.78, 5) is 15.6. The van der Waals surface area contributed by atoms with Crippen LogP contribution < -0.4 is 10.3 Å². The molecule has 0 radical (unpaired) electrons. The fourth-order valence-electron chi connectivity index (χ4n) is 2.14. The molecule has 0 bridgehead atoms. The molecule has 1 aliphatic heterocycles. The Hall–Kier alpha value is -1.81. The van der Waals surface area contributed by atoms with Crippen LogP contribution in [0.15, 0.2) is 35.5 Å². The van der Waals surface area contributed by atoms with Gasteiger partial charge >= 0.3 is 0 Å². The minimum Gasteiger partial charge on any atom is -0.493 e. The van der Waals surface area contributed by atoms with Gasteiger partial charge in [-0.1, -0.05) is 11.6 Å². The van der Waals surface area contributed by atoms with Crippen LogP contribution in [0.4, 0.5) is 0 Å². The highest BCUT2D eigenvalue weighted by Gasteiger charge is 2.17. The summed E-state index contributed by atoms with van der Waals surface area (Å²) in [5.74, 6) is 0.857. The molecule has 2 heterocycles. The lowest BCUT2D eigenvalue weighted by Gasteiger charge is -2.10. The van der Waals surface area contributed by atoms with E-state index in [1.165, 1.54) is 23.2 Å². The highest BCUT2D eigenvalue weighted by molar-refractivity contribution is 6.30. The summed E-state index contributed by atoms with van der Waals surface area (Å²) < 4.78 is 7.14. The normalized spacial score (nSPS) is 13.2. The van der Waals surface area contributed by atoms with Gasteiger partial charge in [-0.15, -0.1) is 0 Å².